The molecule has 0 spiro atoms. The summed E-state index contributed by atoms with van der Waals surface area (Å²) < 4.78 is 0. The molecule has 0 saturated heterocycles. The number of amides is 1. The molecule has 1 aromatic rings. The van der Waals surface area contributed by atoms with Gasteiger partial charge >= 0.3 is 6.09 Å². The number of aromatic hydroxyl groups is 1. The van der Waals surface area contributed by atoms with Crippen molar-refractivity contribution < 1.29 is 15.0 Å². The molecule has 0 aliphatic rings. The Bertz CT molecular complexity index is 311. The fraction of sp³-hybridized carbons (Fsp3) is 0.300. The fourth-order valence-electron chi connectivity index (χ4n) is 1.10. The van der Waals surface area contributed by atoms with Gasteiger partial charge in [0, 0.05) is 18.8 Å². The summed E-state index contributed by atoms with van der Waals surface area (Å²) in [5.74, 6) is 0.230. The number of anilines is 1. The molecule has 0 fully saturated rings. The number of rotatable bonds is 5. The molecule has 0 aromatic heterocycles. The van der Waals surface area contributed by atoms with E-state index in [1.807, 2.05) is 0 Å². The highest BCUT2D eigenvalue weighted by Gasteiger charge is 1.94. The van der Waals surface area contributed by atoms with Crippen LogP contribution in [0.3, 0.4) is 0 Å². The van der Waals surface area contributed by atoms with Crippen LogP contribution in [0.1, 0.15) is 6.42 Å². The molecule has 4 N–H and O–H groups in total. The minimum Gasteiger partial charge on any atom is -0.508 e. The Morgan fingerprint density at radius 3 is 2.47 bits per heavy atom. The molecule has 5 heteroatoms. The molecule has 0 atom stereocenters. The summed E-state index contributed by atoms with van der Waals surface area (Å²) in [5, 5.41) is 22.7. The van der Waals surface area contributed by atoms with E-state index in [2.05, 4.69) is 10.6 Å². The predicted octanol–water partition coefficient (Wildman–Crippen LogP) is 1.46. The molecule has 0 bridgehead atoms. The van der Waals surface area contributed by atoms with Gasteiger partial charge in [0.25, 0.3) is 0 Å². The van der Waals surface area contributed by atoms with Crippen LogP contribution in [0.25, 0.3) is 0 Å². The molecule has 0 radical (unpaired) electrons. The first-order valence-electron chi connectivity index (χ1n) is 4.68. The van der Waals surface area contributed by atoms with Gasteiger partial charge in [0.05, 0.1) is 0 Å². The maximum Gasteiger partial charge on any atom is 0.404 e. The third-order valence-corrected chi connectivity index (χ3v) is 1.83. The summed E-state index contributed by atoms with van der Waals surface area (Å²) in [4.78, 5) is 10.1. The molecular formula is C10H14N2O3. The van der Waals surface area contributed by atoms with Gasteiger partial charge in [-0.25, -0.2) is 4.79 Å². The molecule has 1 amide bonds. The number of carboxylic acid groups (broad SMARTS) is 1. The minimum atomic E-state index is -1.00. The highest BCUT2D eigenvalue weighted by atomic mass is 16.4. The van der Waals surface area contributed by atoms with Crippen LogP contribution in [0.4, 0.5) is 10.5 Å². The van der Waals surface area contributed by atoms with Gasteiger partial charge < -0.3 is 20.8 Å². The van der Waals surface area contributed by atoms with E-state index < -0.39 is 6.09 Å². The summed E-state index contributed by atoms with van der Waals surface area (Å²) in [6.45, 7) is 1.12. The van der Waals surface area contributed by atoms with Crippen molar-refractivity contribution in [1.29, 1.82) is 0 Å². The molecule has 1 aromatic carbocycles. The number of phenolic OH excluding ortho intramolecular Hbond substituents is 1. The summed E-state index contributed by atoms with van der Waals surface area (Å²) >= 11 is 0. The SMILES string of the molecule is O=C(O)NCCCNc1ccc(O)cc1. The molecule has 0 heterocycles. The van der Waals surface area contributed by atoms with Gasteiger partial charge in [0.1, 0.15) is 5.75 Å². The van der Waals surface area contributed by atoms with Gasteiger partial charge in [-0.1, -0.05) is 0 Å². The zero-order valence-corrected chi connectivity index (χ0v) is 8.23. The fourth-order valence-corrected chi connectivity index (χ4v) is 1.10. The second-order valence-corrected chi connectivity index (χ2v) is 3.06. The van der Waals surface area contributed by atoms with Crippen LogP contribution in [-0.4, -0.2) is 29.4 Å². The molecule has 0 aliphatic carbocycles. The number of benzene rings is 1. The molecule has 0 aliphatic heterocycles. The normalized spacial score (nSPS) is 9.60. The number of phenols is 1. The maximum atomic E-state index is 10.1. The van der Waals surface area contributed by atoms with Gasteiger partial charge in [0.15, 0.2) is 0 Å². The number of carbonyl (C=O) groups is 1. The summed E-state index contributed by atoms with van der Waals surface area (Å²) in [7, 11) is 0. The van der Waals surface area contributed by atoms with E-state index in [1.54, 1.807) is 24.3 Å². The van der Waals surface area contributed by atoms with E-state index in [1.165, 1.54) is 0 Å². The van der Waals surface area contributed by atoms with Gasteiger partial charge in [-0.05, 0) is 30.7 Å². The summed E-state index contributed by atoms with van der Waals surface area (Å²) in [6, 6.07) is 6.72. The van der Waals surface area contributed by atoms with E-state index in [0.717, 1.165) is 5.69 Å². The first-order chi connectivity index (χ1) is 7.18. The van der Waals surface area contributed by atoms with Crippen LogP contribution < -0.4 is 10.6 Å². The standard InChI is InChI=1S/C10H14N2O3/c13-9-4-2-8(3-5-9)11-6-1-7-12-10(14)15/h2-5,11-13H,1,6-7H2,(H,14,15). The first kappa shape index (κ1) is 11.2. The van der Waals surface area contributed by atoms with Crippen molar-refractivity contribution in [2.75, 3.05) is 18.4 Å². The zero-order chi connectivity index (χ0) is 11.1. The Morgan fingerprint density at radius 1 is 1.20 bits per heavy atom. The summed E-state index contributed by atoms with van der Waals surface area (Å²) in [6.07, 6.45) is -0.285. The molecule has 5 nitrogen and oxygen atoms in total. The average molecular weight is 210 g/mol. The van der Waals surface area contributed by atoms with E-state index >= 15 is 0 Å². The third kappa shape index (κ3) is 4.75. The lowest BCUT2D eigenvalue weighted by atomic mass is 10.3. The van der Waals surface area contributed by atoms with Gasteiger partial charge in [-0.2, -0.15) is 0 Å². The van der Waals surface area contributed by atoms with Crippen LogP contribution in [0.15, 0.2) is 24.3 Å². The molecule has 1 rings (SSSR count). The quantitative estimate of drug-likeness (QED) is 0.438. The van der Waals surface area contributed by atoms with Gasteiger partial charge in [-0.3, -0.25) is 0 Å². The Labute approximate surface area is 87.7 Å². The maximum absolute atomic E-state index is 10.1. The van der Waals surface area contributed by atoms with Crippen molar-refractivity contribution >= 4 is 11.8 Å². The monoisotopic (exact) mass is 210 g/mol. The first-order valence-corrected chi connectivity index (χ1v) is 4.68. The highest BCUT2D eigenvalue weighted by Crippen LogP contribution is 2.13. The van der Waals surface area contributed by atoms with Crippen molar-refractivity contribution in [2.45, 2.75) is 6.42 Å². The average Bonchev–Trinajstić information content (AvgIpc) is 2.20. The van der Waals surface area contributed by atoms with Crippen molar-refractivity contribution in [3.63, 3.8) is 0 Å². The Balaban J connectivity index is 2.15. The predicted molar refractivity (Wildman–Crippen MR) is 57.2 cm³/mol. The zero-order valence-electron chi connectivity index (χ0n) is 8.23. The topological polar surface area (TPSA) is 81.6 Å². The van der Waals surface area contributed by atoms with Crippen LogP contribution >= 0.6 is 0 Å². The lowest BCUT2D eigenvalue weighted by Gasteiger charge is -2.06. The molecule has 15 heavy (non-hydrogen) atoms. The summed E-state index contributed by atoms with van der Waals surface area (Å²) in [5.41, 5.74) is 0.906. The molecule has 82 valence electrons. The van der Waals surface area contributed by atoms with Crippen LogP contribution in [0.2, 0.25) is 0 Å². The van der Waals surface area contributed by atoms with Gasteiger partial charge in [-0.15, -0.1) is 0 Å². The molecule has 0 saturated carbocycles. The number of hydrogen-bond donors (Lipinski definition) is 4. The van der Waals surface area contributed by atoms with E-state index in [0.29, 0.717) is 19.5 Å². The van der Waals surface area contributed by atoms with Crippen LogP contribution in [0.5, 0.6) is 5.75 Å². The van der Waals surface area contributed by atoms with Crippen LogP contribution in [-0.2, 0) is 0 Å². The second kappa shape index (κ2) is 5.74. The van der Waals surface area contributed by atoms with Gasteiger partial charge in [0.2, 0.25) is 0 Å². The lowest BCUT2D eigenvalue weighted by molar-refractivity contribution is 0.194. The van der Waals surface area contributed by atoms with Crippen molar-refractivity contribution in [1.82, 2.24) is 5.32 Å². The molecule has 0 unspecified atom stereocenters. The minimum absolute atomic E-state index is 0.230. The van der Waals surface area contributed by atoms with E-state index in [-0.39, 0.29) is 5.75 Å². The van der Waals surface area contributed by atoms with E-state index in [9.17, 15) is 4.79 Å². The van der Waals surface area contributed by atoms with Crippen molar-refractivity contribution in [3.8, 4) is 5.75 Å². The smallest absolute Gasteiger partial charge is 0.404 e. The third-order valence-electron chi connectivity index (χ3n) is 1.83. The second-order valence-electron chi connectivity index (χ2n) is 3.06. The van der Waals surface area contributed by atoms with Crippen molar-refractivity contribution in [2.24, 2.45) is 0 Å². The van der Waals surface area contributed by atoms with Crippen molar-refractivity contribution in [3.05, 3.63) is 24.3 Å². The molecular weight excluding hydrogens is 196 g/mol. The van der Waals surface area contributed by atoms with E-state index in [4.69, 9.17) is 10.2 Å². The Morgan fingerprint density at radius 2 is 1.87 bits per heavy atom. The highest BCUT2D eigenvalue weighted by molar-refractivity contribution is 5.64. The number of hydrogen-bond acceptors (Lipinski definition) is 3. The largest absolute Gasteiger partial charge is 0.508 e. The lowest BCUT2D eigenvalue weighted by Crippen LogP contribution is -2.23. The Hall–Kier alpha value is -1.91. The van der Waals surface area contributed by atoms with Crippen LogP contribution in [0, 0.1) is 0 Å². The Kier molecular flexibility index (Phi) is 4.28. The number of nitrogens with one attached hydrogen (secondary N) is 2.